The average Bonchev–Trinajstić information content (AvgIpc) is 2.28. The molecule has 0 saturated heterocycles. The molecule has 0 aromatic heterocycles. The molecular weight excluding hydrogens is 204 g/mol. The van der Waals surface area contributed by atoms with Crippen molar-refractivity contribution >= 4 is 11.8 Å². The summed E-state index contributed by atoms with van der Waals surface area (Å²) in [7, 11) is 1.94. The van der Waals surface area contributed by atoms with Crippen molar-refractivity contribution in [2.45, 2.75) is 30.3 Å². The normalized spacial score (nSPS) is 13.9. The molecule has 0 fully saturated rings. The third-order valence-corrected chi connectivity index (χ3v) is 3.64. The number of rotatable bonds is 4. The van der Waals surface area contributed by atoms with Gasteiger partial charge in [0, 0.05) is 16.5 Å². The molecule has 0 heterocycles. The van der Waals surface area contributed by atoms with Gasteiger partial charge in [-0.25, -0.2) is 0 Å². The first-order valence-electron chi connectivity index (χ1n) is 5.09. The molecule has 0 radical (unpaired) electrons. The second-order valence-corrected chi connectivity index (χ2v) is 5.10. The highest BCUT2D eigenvalue weighted by Crippen LogP contribution is 2.24. The van der Waals surface area contributed by atoms with Gasteiger partial charge in [0.25, 0.3) is 0 Å². The van der Waals surface area contributed by atoms with Crippen molar-refractivity contribution in [1.82, 2.24) is 5.32 Å². The fourth-order valence-corrected chi connectivity index (χ4v) is 1.79. The van der Waals surface area contributed by atoms with Crippen LogP contribution in [0.1, 0.15) is 25.5 Å². The lowest BCUT2D eigenvalue weighted by atomic mass is 9.90. The van der Waals surface area contributed by atoms with E-state index in [1.54, 1.807) is 11.8 Å². The Balaban J connectivity index is 2.87. The molecule has 0 aliphatic rings. The van der Waals surface area contributed by atoms with Crippen LogP contribution < -0.4 is 11.1 Å². The van der Waals surface area contributed by atoms with E-state index in [4.69, 9.17) is 5.73 Å². The Kier molecular flexibility index (Phi) is 4.20. The minimum absolute atomic E-state index is 0.0124. The maximum atomic E-state index is 6.21. The molecule has 0 saturated carbocycles. The van der Waals surface area contributed by atoms with Crippen LogP contribution in [0.25, 0.3) is 0 Å². The predicted octanol–water partition coefficient (Wildman–Crippen LogP) is 2.41. The summed E-state index contributed by atoms with van der Waals surface area (Å²) in [6, 6.07) is 8.46. The zero-order chi connectivity index (χ0) is 11.5. The van der Waals surface area contributed by atoms with Crippen molar-refractivity contribution in [3.63, 3.8) is 0 Å². The molecular formula is C12H20N2S. The zero-order valence-corrected chi connectivity index (χ0v) is 10.7. The lowest BCUT2D eigenvalue weighted by Gasteiger charge is -2.31. The van der Waals surface area contributed by atoms with Gasteiger partial charge in [-0.3, -0.25) is 0 Å². The summed E-state index contributed by atoms with van der Waals surface area (Å²) in [5.74, 6) is 0. The molecule has 0 aliphatic heterocycles. The quantitative estimate of drug-likeness (QED) is 0.771. The molecule has 2 nitrogen and oxygen atoms in total. The summed E-state index contributed by atoms with van der Waals surface area (Å²) in [6.07, 6.45) is 2.08. The first kappa shape index (κ1) is 12.6. The van der Waals surface area contributed by atoms with Gasteiger partial charge in [0.15, 0.2) is 0 Å². The van der Waals surface area contributed by atoms with Crippen LogP contribution >= 0.6 is 11.8 Å². The number of benzene rings is 1. The Hall–Kier alpha value is -0.510. The molecule has 3 heteroatoms. The Morgan fingerprint density at radius 2 is 1.80 bits per heavy atom. The Morgan fingerprint density at radius 1 is 1.27 bits per heavy atom. The zero-order valence-electron chi connectivity index (χ0n) is 9.87. The van der Waals surface area contributed by atoms with Crippen LogP contribution in [0.15, 0.2) is 29.2 Å². The smallest absolute Gasteiger partial charge is 0.0474 e. The van der Waals surface area contributed by atoms with E-state index in [1.807, 2.05) is 7.05 Å². The molecule has 0 spiro atoms. The van der Waals surface area contributed by atoms with E-state index in [-0.39, 0.29) is 11.6 Å². The molecule has 1 aromatic carbocycles. The Bertz CT molecular complexity index is 306. The van der Waals surface area contributed by atoms with Crippen LogP contribution in [0.2, 0.25) is 0 Å². The van der Waals surface area contributed by atoms with Gasteiger partial charge in [-0.1, -0.05) is 12.1 Å². The van der Waals surface area contributed by atoms with Gasteiger partial charge in [0.05, 0.1) is 0 Å². The molecule has 0 aliphatic carbocycles. The van der Waals surface area contributed by atoms with Crippen LogP contribution in [0.5, 0.6) is 0 Å². The monoisotopic (exact) mass is 224 g/mol. The van der Waals surface area contributed by atoms with E-state index in [9.17, 15) is 0 Å². The second-order valence-electron chi connectivity index (χ2n) is 4.22. The third kappa shape index (κ3) is 2.97. The Morgan fingerprint density at radius 3 is 2.20 bits per heavy atom. The first-order chi connectivity index (χ1) is 7.01. The molecule has 0 amide bonds. The highest BCUT2D eigenvalue weighted by molar-refractivity contribution is 7.98. The van der Waals surface area contributed by atoms with E-state index < -0.39 is 0 Å². The van der Waals surface area contributed by atoms with Gasteiger partial charge in [-0.2, -0.15) is 0 Å². The highest BCUT2D eigenvalue weighted by atomic mass is 32.2. The molecule has 3 N–H and O–H groups in total. The van der Waals surface area contributed by atoms with E-state index in [1.165, 1.54) is 10.5 Å². The maximum absolute atomic E-state index is 6.21. The molecule has 1 unspecified atom stereocenters. The molecule has 1 aromatic rings. The number of nitrogens with two attached hydrogens (primary N) is 1. The topological polar surface area (TPSA) is 38.0 Å². The van der Waals surface area contributed by atoms with Gasteiger partial charge in [-0.15, -0.1) is 11.8 Å². The summed E-state index contributed by atoms with van der Waals surface area (Å²) in [5, 5.41) is 3.24. The van der Waals surface area contributed by atoms with Crippen molar-refractivity contribution in [2.75, 3.05) is 13.3 Å². The standard InChI is InChI=1S/C12H20N2S/c1-12(2,14-3)11(13)9-5-7-10(15-4)8-6-9/h5-8,11,14H,13H2,1-4H3. The van der Waals surface area contributed by atoms with Gasteiger partial charge in [-0.05, 0) is 44.8 Å². The van der Waals surface area contributed by atoms with Crippen molar-refractivity contribution in [3.05, 3.63) is 29.8 Å². The van der Waals surface area contributed by atoms with Crippen LogP contribution in [0.4, 0.5) is 0 Å². The molecule has 1 rings (SSSR count). The lowest BCUT2D eigenvalue weighted by Crippen LogP contribution is -2.46. The fraction of sp³-hybridized carbons (Fsp3) is 0.500. The highest BCUT2D eigenvalue weighted by Gasteiger charge is 2.25. The fourth-order valence-electron chi connectivity index (χ4n) is 1.38. The van der Waals surface area contributed by atoms with Gasteiger partial charge < -0.3 is 11.1 Å². The maximum Gasteiger partial charge on any atom is 0.0474 e. The predicted molar refractivity (Wildman–Crippen MR) is 68.3 cm³/mol. The summed E-state index contributed by atoms with van der Waals surface area (Å²) in [5.41, 5.74) is 7.30. The van der Waals surface area contributed by atoms with Crippen molar-refractivity contribution in [2.24, 2.45) is 5.73 Å². The largest absolute Gasteiger partial charge is 0.322 e. The molecule has 0 bridgehead atoms. The molecule has 1 atom stereocenters. The van der Waals surface area contributed by atoms with Crippen LogP contribution in [-0.2, 0) is 0 Å². The van der Waals surface area contributed by atoms with E-state index in [0.717, 1.165) is 0 Å². The second kappa shape index (κ2) is 5.01. The number of nitrogens with one attached hydrogen (secondary N) is 1. The summed E-state index contributed by atoms with van der Waals surface area (Å²) in [6.45, 7) is 4.22. The minimum atomic E-state index is -0.0825. The number of hydrogen-bond donors (Lipinski definition) is 2. The van der Waals surface area contributed by atoms with Gasteiger partial charge in [0.1, 0.15) is 0 Å². The number of thioether (sulfide) groups is 1. The van der Waals surface area contributed by atoms with Crippen molar-refractivity contribution < 1.29 is 0 Å². The average molecular weight is 224 g/mol. The summed E-state index contributed by atoms with van der Waals surface area (Å²) in [4.78, 5) is 1.27. The van der Waals surface area contributed by atoms with Gasteiger partial charge >= 0.3 is 0 Å². The number of hydrogen-bond acceptors (Lipinski definition) is 3. The van der Waals surface area contributed by atoms with E-state index in [2.05, 4.69) is 49.7 Å². The lowest BCUT2D eigenvalue weighted by molar-refractivity contribution is 0.348. The van der Waals surface area contributed by atoms with E-state index in [0.29, 0.717) is 0 Å². The van der Waals surface area contributed by atoms with Gasteiger partial charge in [0.2, 0.25) is 0 Å². The van der Waals surface area contributed by atoms with Crippen molar-refractivity contribution in [3.8, 4) is 0 Å². The third-order valence-electron chi connectivity index (χ3n) is 2.90. The van der Waals surface area contributed by atoms with Crippen LogP contribution in [0.3, 0.4) is 0 Å². The van der Waals surface area contributed by atoms with Crippen molar-refractivity contribution in [1.29, 1.82) is 0 Å². The number of likely N-dealkylation sites (N-methyl/N-ethyl adjacent to an activating group) is 1. The van der Waals surface area contributed by atoms with Crippen LogP contribution in [-0.4, -0.2) is 18.8 Å². The van der Waals surface area contributed by atoms with E-state index >= 15 is 0 Å². The summed E-state index contributed by atoms with van der Waals surface area (Å²) >= 11 is 1.75. The Labute approximate surface area is 96.6 Å². The molecule has 84 valence electrons. The molecule has 15 heavy (non-hydrogen) atoms. The first-order valence-corrected chi connectivity index (χ1v) is 6.32. The summed E-state index contributed by atoms with van der Waals surface area (Å²) < 4.78 is 0. The minimum Gasteiger partial charge on any atom is -0.322 e. The SMILES string of the molecule is CNC(C)(C)C(N)c1ccc(SC)cc1. The van der Waals surface area contributed by atoms with Crippen LogP contribution in [0, 0.1) is 0 Å².